The van der Waals surface area contributed by atoms with Crippen LogP contribution in [0.5, 0.6) is 11.5 Å². The van der Waals surface area contributed by atoms with Crippen LogP contribution < -0.4 is 14.8 Å². The number of aryl methyl sites for hydroxylation is 1. The van der Waals surface area contributed by atoms with Crippen LogP contribution in [-0.4, -0.2) is 51.6 Å². The van der Waals surface area contributed by atoms with Crippen LogP contribution in [0.25, 0.3) is 0 Å². The molecule has 3 atom stereocenters. The summed E-state index contributed by atoms with van der Waals surface area (Å²) in [7, 11) is 1.90. The zero-order valence-corrected chi connectivity index (χ0v) is 14.6. The number of nitrogens with zero attached hydrogens (tertiary/aromatic N) is 3. The molecule has 26 heavy (non-hydrogen) atoms. The molecule has 2 aromatic rings. The Hall–Kier alpha value is -2.61. The van der Waals surface area contributed by atoms with Gasteiger partial charge in [0.1, 0.15) is 25.4 Å². The highest BCUT2D eigenvalue weighted by molar-refractivity contribution is 5.97. The molecule has 1 aliphatic heterocycles. The molecule has 1 amide bonds. The number of rotatable bonds is 4. The maximum Gasteiger partial charge on any atom is 0.255 e. The summed E-state index contributed by atoms with van der Waals surface area (Å²) < 4.78 is 13.0. The van der Waals surface area contributed by atoms with Gasteiger partial charge in [0.15, 0.2) is 11.5 Å². The van der Waals surface area contributed by atoms with E-state index in [1.165, 1.54) is 0 Å². The molecule has 2 aliphatic rings. The van der Waals surface area contributed by atoms with Crippen LogP contribution in [0.15, 0.2) is 24.5 Å². The number of carbonyl (C=O) groups excluding carboxylic acids is 1. The Kier molecular flexibility index (Phi) is 4.50. The number of hydrogen-bond donors (Lipinski definition) is 2. The summed E-state index contributed by atoms with van der Waals surface area (Å²) in [6.45, 7) is 1.31. The highest BCUT2D eigenvalue weighted by atomic mass is 16.6. The fourth-order valence-electron chi connectivity index (χ4n) is 3.77. The zero-order chi connectivity index (χ0) is 18.1. The first-order valence-electron chi connectivity index (χ1n) is 8.82. The number of aliphatic hydroxyl groups is 1. The normalized spacial score (nSPS) is 24.5. The first-order chi connectivity index (χ1) is 12.6. The molecule has 8 heteroatoms. The van der Waals surface area contributed by atoms with Gasteiger partial charge < -0.3 is 24.5 Å². The number of para-hydroxylation sites is 1. The second kappa shape index (κ2) is 6.95. The predicted octanol–water partition coefficient (Wildman–Crippen LogP) is 0.871. The Morgan fingerprint density at radius 2 is 2.19 bits per heavy atom. The fraction of sp³-hybridized carbons (Fsp3) is 0.500. The van der Waals surface area contributed by atoms with E-state index in [9.17, 15) is 9.90 Å². The second-order valence-electron chi connectivity index (χ2n) is 6.84. The summed E-state index contributed by atoms with van der Waals surface area (Å²) >= 11 is 0. The van der Waals surface area contributed by atoms with Gasteiger partial charge in [0.2, 0.25) is 0 Å². The Morgan fingerprint density at radius 3 is 3.00 bits per heavy atom. The second-order valence-corrected chi connectivity index (χ2v) is 6.84. The molecule has 0 radical (unpaired) electrons. The number of fused-ring (bicyclic) bond motifs is 1. The highest BCUT2D eigenvalue weighted by Gasteiger charge is 2.36. The van der Waals surface area contributed by atoms with Crippen LogP contribution in [-0.2, 0) is 7.05 Å². The van der Waals surface area contributed by atoms with Gasteiger partial charge in [0.05, 0.1) is 11.7 Å². The van der Waals surface area contributed by atoms with E-state index in [-0.39, 0.29) is 17.7 Å². The Balaban J connectivity index is 1.40. The molecular formula is C18H22N4O4. The lowest BCUT2D eigenvalue weighted by molar-refractivity contribution is 0.0906. The van der Waals surface area contributed by atoms with Crippen molar-refractivity contribution in [2.24, 2.45) is 13.0 Å². The number of nitrogens with one attached hydrogen (secondary N) is 1. The van der Waals surface area contributed by atoms with Gasteiger partial charge in [0.25, 0.3) is 5.91 Å². The van der Waals surface area contributed by atoms with Crippen molar-refractivity contribution in [3.05, 3.63) is 35.9 Å². The van der Waals surface area contributed by atoms with Gasteiger partial charge in [-0.1, -0.05) is 6.07 Å². The molecule has 0 bridgehead atoms. The van der Waals surface area contributed by atoms with Gasteiger partial charge in [-0.15, -0.1) is 10.2 Å². The third-order valence-corrected chi connectivity index (χ3v) is 5.10. The SMILES string of the molecule is Cn1cnnc1[C@H]1C[C@H](CNC(=O)c2cccc3c2OCCO3)[C@H](O)C1. The molecule has 1 saturated carbocycles. The topological polar surface area (TPSA) is 98.5 Å². The first kappa shape index (κ1) is 16.8. The van der Waals surface area contributed by atoms with Crippen LogP contribution in [0.4, 0.5) is 0 Å². The fourth-order valence-corrected chi connectivity index (χ4v) is 3.77. The van der Waals surface area contributed by atoms with Crippen molar-refractivity contribution < 1.29 is 19.4 Å². The minimum absolute atomic E-state index is 0.0163. The summed E-state index contributed by atoms with van der Waals surface area (Å²) in [5, 5.41) is 21.3. The van der Waals surface area contributed by atoms with E-state index in [1.54, 1.807) is 24.5 Å². The largest absolute Gasteiger partial charge is 0.486 e. The number of aromatic nitrogens is 3. The number of amides is 1. The quantitative estimate of drug-likeness (QED) is 0.842. The monoisotopic (exact) mass is 358 g/mol. The smallest absolute Gasteiger partial charge is 0.255 e. The summed E-state index contributed by atoms with van der Waals surface area (Å²) in [4.78, 5) is 12.6. The van der Waals surface area contributed by atoms with Crippen molar-refractivity contribution in [3.63, 3.8) is 0 Å². The number of aliphatic hydroxyl groups excluding tert-OH is 1. The molecule has 2 heterocycles. The Labute approximate surface area is 151 Å². The van der Waals surface area contributed by atoms with Crippen molar-refractivity contribution in [2.75, 3.05) is 19.8 Å². The standard InChI is InChI=1S/C18H22N4O4/c1-22-10-20-21-17(22)11-7-12(14(23)8-11)9-19-18(24)13-3-2-4-15-16(13)26-6-5-25-15/h2-4,10-12,14,23H,5-9H2,1H3,(H,19,24)/t11-,12+,14+/m0/s1. The maximum absolute atomic E-state index is 12.6. The van der Waals surface area contributed by atoms with E-state index in [2.05, 4.69) is 15.5 Å². The molecular weight excluding hydrogens is 336 g/mol. The molecule has 1 aromatic carbocycles. The Bertz CT molecular complexity index is 806. The Morgan fingerprint density at radius 1 is 1.35 bits per heavy atom. The van der Waals surface area contributed by atoms with Crippen LogP contribution in [0.1, 0.15) is 34.9 Å². The third kappa shape index (κ3) is 3.12. The van der Waals surface area contributed by atoms with E-state index >= 15 is 0 Å². The van der Waals surface area contributed by atoms with E-state index < -0.39 is 6.10 Å². The van der Waals surface area contributed by atoms with Crippen molar-refractivity contribution in [1.82, 2.24) is 20.1 Å². The molecule has 1 fully saturated rings. The van der Waals surface area contributed by atoms with E-state index in [1.807, 2.05) is 11.6 Å². The van der Waals surface area contributed by atoms with Crippen LogP contribution >= 0.6 is 0 Å². The molecule has 0 unspecified atom stereocenters. The minimum Gasteiger partial charge on any atom is -0.486 e. The van der Waals surface area contributed by atoms with Gasteiger partial charge >= 0.3 is 0 Å². The van der Waals surface area contributed by atoms with Crippen LogP contribution in [0.2, 0.25) is 0 Å². The molecule has 0 saturated heterocycles. The van der Waals surface area contributed by atoms with Gasteiger partial charge in [-0.3, -0.25) is 4.79 Å². The molecule has 2 N–H and O–H groups in total. The molecule has 138 valence electrons. The zero-order valence-electron chi connectivity index (χ0n) is 14.6. The lowest BCUT2D eigenvalue weighted by Crippen LogP contribution is -2.33. The predicted molar refractivity (Wildman–Crippen MR) is 92.2 cm³/mol. The molecule has 4 rings (SSSR count). The van der Waals surface area contributed by atoms with E-state index in [0.717, 1.165) is 12.2 Å². The van der Waals surface area contributed by atoms with E-state index in [4.69, 9.17) is 9.47 Å². The lowest BCUT2D eigenvalue weighted by Gasteiger charge is -2.21. The third-order valence-electron chi connectivity index (χ3n) is 5.10. The van der Waals surface area contributed by atoms with Crippen molar-refractivity contribution in [2.45, 2.75) is 24.9 Å². The highest BCUT2D eigenvalue weighted by Crippen LogP contribution is 2.37. The molecule has 8 nitrogen and oxygen atoms in total. The molecule has 1 aliphatic carbocycles. The summed E-state index contributed by atoms with van der Waals surface area (Å²) in [6.07, 6.45) is 2.59. The summed E-state index contributed by atoms with van der Waals surface area (Å²) in [5.74, 6) is 1.87. The molecule has 0 spiro atoms. The number of hydrogen-bond acceptors (Lipinski definition) is 6. The lowest BCUT2D eigenvalue weighted by atomic mass is 10.0. The number of ether oxygens (including phenoxy) is 2. The summed E-state index contributed by atoms with van der Waals surface area (Å²) in [6, 6.07) is 5.28. The minimum atomic E-state index is -0.471. The first-order valence-corrected chi connectivity index (χ1v) is 8.82. The van der Waals surface area contributed by atoms with Crippen LogP contribution in [0.3, 0.4) is 0 Å². The van der Waals surface area contributed by atoms with Crippen molar-refractivity contribution in [1.29, 1.82) is 0 Å². The van der Waals surface area contributed by atoms with Gasteiger partial charge in [0, 0.05) is 25.4 Å². The van der Waals surface area contributed by atoms with Gasteiger partial charge in [-0.2, -0.15) is 0 Å². The van der Waals surface area contributed by atoms with Gasteiger partial charge in [-0.25, -0.2) is 0 Å². The van der Waals surface area contributed by atoms with Crippen LogP contribution in [0, 0.1) is 5.92 Å². The van der Waals surface area contributed by atoms with Crippen molar-refractivity contribution in [3.8, 4) is 11.5 Å². The molecule has 1 aromatic heterocycles. The average molecular weight is 358 g/mol. The summed E-state index contributed by atoms with van der Waals surface area (Å²) in [5.41, 5.74) is 0.458. The van der Waals surface area contributed by atoms with Crippen molar-refractivity contribution >= 4 is 5.91 Å². The maximum atomic E-state index is 12.6. The van der Waals surface area contributed by atoms with E-state index in [0.29, 0.717) is 43.2 Å². The number of carbonyl (C=O) groups is 1. The number of benzene rings is 1. The van der Waals surface area contributed by atoms with Gasteiger partial charge in [-0.05, 0) is 25.0 Å². The average Bonchev–Trinajstić information content (AvgIpc) is 3.24.